The van der Waals surface area contributed by atoms with Crippen LogP contribution in [0, 0.1) is 13.8 Å². The predicted molar refractivity (Wildman–Crippen MR) is 64.0 cm³/mol. The first kappa shape index (κ1) is 10.8. The van der Waals surface area contributed by atoms with E-state index in [1.165, 1.54) is 11.1 Å². The molecule has 2 heteroatoms. The number of rotatable bonds is 0. The van der Waals surface area contributed by atoms with Crippen molar-refractivity contribution in [3.63, 3.8) is 0 Å². The van der Waals surface area contributed by atoms with Crippen molar-refractivity contribution in [3.8, 4) is 5.75 Å². The Balaban J connectivity index is 2.54. The third kappa shape index (κ3) is 1.85. The third-order valence-electron chi connectivity index (χ3n) is 3.14. The Hall–Kier alpha value is -0.690. The molecular formula is C13H17ClO. The van der Waals surface area contributed by atoms with Crippen molar-refractivity contribution >= 4 is 11.6 Å². The maximum absolute atomic E-state index is 6.23. The lowest BCUT2D eigenvalue weighted by Gasteiger charge is -2.34. The number of halogens is 1. The molecule has 1 aliphatic heterocycles. The summed E-state index contributed by atoms with van der Waals surface area (Å²) in [6.07, 6.45) is 2.12. The Labute approximate surface area is 96.4 Å². The Morgan fingerprint density at radius 3 is 2.67 bits per heavy atom. The minimum Gasteiger partial charge on any atom is -0.488 e. The van der Waals surface area contributed by atoms with Crippen LogP contribution >= 0.6 is 11.6 Å². The fraction of sp³-hybridized carbons (Fsp3) is 0.538. The van der Waals surface area contributed by atoms with Crippen molar-refractivity contribution in [1.82, 2.24) is 0 Å². The smallest absolute Gasteiger partial charge is 0.123 e. The normalized spacial score (nSPS) is 18.2. The molecule has 1 heterocycles. The lowest BCUT2D eigenvalue weighted by molar-refractivity contribution is 0.0844. The summed E-state index contributed by atoms with van der Waals surface area (Å²) in [5.41, 5.74) is 3.53. The summed E-state index contributed by atoms with van der Waals surface area (Å²) in [5, 5.41) is 0.886. The highest BCUT2D eigenvalue weighted by Crippen LogP contribution is 2.38. The van der Waals surface area contributed by atoms with Crippen molar-refractivity contribution in [2.24, 2.45) is 0 Å². The minimum absolute atomic E-state index is 0.0420. The molecule has 0 saturated heterocycles. The van der Waals surface area contributed by atoms with Gasteiger partial charge in [0.1, 0.15) is 11.4 Å². The Kier molecular flexibility index (Phi) is 2.46. The van der Waals surface area contributed by atoms with E-state index in [2.05, 4.69) is 26.8 Å². The SMILES string of the molecule is Cc1cc2c(c(C)c1Cl)CCC(C)(C)O2. The second-order valence-electron chi connectivity index (χ2n) is 4.97. The van der Waals surface area contributed by atoms with Gasteiger partial charge in [0.25, 0.3) is 0 Å². The monoisotopic (exact) mass is 224 g/mol. The Morgan fingerprint density at radius 2 is 2.00 bits per heavy atom. The lowest BCUT2D eigenvalue weighted by atomic mass is 9.91. The van der Waals surface area contributed by atoms with E-state index in [9.17, 15) is 0 Å². The van der Waals surface area contributed by atoms with Crippen molar-refractivity contribution in [2.45, 2.75) is 46.1 Å². The Bertz CT molecular complexity index is 407. The number of fused-ring (bicyclic) bond motifs is 1. The standard InChI is InChI=1S/C13H17ClO/c1-8-7-11-10(9(2)12(8)14)5-6-13(3,4)15-11/h7H,5-6H2,1-4H3. The molecule has 2 rings (SSSR count). The van der Waals surface area contributed by atoms with Gasteiger partial charge in [-0.3, -0.25) is 0 Å². The summed E-state index contributed by atoms with van der Waals surface area (Å²) >= 11 is 6.23. The van der Waals surface area contributed by atoms with Gasteiger partial charge < -0.3 is 4.74 Å². The van der Waals surface area contributed by atoms with Gasteiger partial charge in [-0.1, -0.05) is 11.6 Å². The van der Waals surface area contributed by atoms with E-state index in [0.717, 1.165) is 29.2 Å². The average molecular weight is 225 g/mol. The van der Waals surface area contributed by atoms with Crippen LogP contribution in [0.2, 0.25) is 5.02 Å². The summed E-state index contributed by atoms with van der Waals surface area (Å²) in [6, 6.07) is 2.06. The third-order valence-corrected chi connectivity index (χ3v) is 3.72. The molecule has 0 bridgehead atoms. The average Bonchev–Trinajstić information content (AvgIpc) is 2.12. The van der Waals surface area contributed by atoms with Gasteiger partial charge >= 0.3 is 0 Å². The molecule has 0 radical (unpaired) electrons. The maximum atomic E-state index is 6.23. The van der Waals surface area contributed by atoms with Gasteiger partial charge in [-0.2, -0.15) is 0 Å². The van der Waals surface area contributed by atoms with Crippen molar-refractivity contribution in [3.05, 3.63) is 27.8 Å². The van der Waals surface area contributed by atoms with E-state index in [1.54, 1.807) is 0 Å². The largest absolute Gasteiger partial charge is 0.488 e. The number of ether oxygens (including phenoxy) is 1. The molecule has 1 aromatic carbocycles. The van der Waals surface area contributed by atoms with Gasteiger partial charge in [0.2, 0.25) is 0 Å². The number of aryl methyl sites for hydroxylation is 1. The zero-order valence-electron chi connectivity index (χ0n) is 9.78. The molecule has 15 heavy (non-hydrogen) atoms. The molecule has 1 aliphatic rings. The first-order valence-corrected chi connectivity index (χ1v) is 5.76. The predicted octanol–water partition coefficient (Wildman–Crippen LogP) is 4.06. The van der Waals surface area contributed by atoms with Crippen LogP contribution in [0.3, 0.4) is 0 Å². The van der Waals surface area contributed by atoms with Crippen LogP contribution < -0.4 is 4.74 Å². The lowest BCUT2D eigenvalue weighted by Crippen LogP contribution is -2.33. The van der Waals surface area contributed by atoms with Crippen LogP contribution in [0.1, 0.15) is 37.0 Å². The van der Waals surface area contributed by atoms with Gasteiger partial charge in [0.05, 0.1) is 0 Å². The highest BCUT2D eigenvalue weighted by Gasteiger charge is 2.28. The van der Waals surface area contributed by atoms with E-state index in [4.69, 9.17) is 16.3 Å². The molecule has 1 nitrogen and oxygen atoms in total. The van der Waals surface area contributed by atoms with Gasteiger partial charge in [0, 0.05) is 5.02 Å². The van der Waals surface area contributed by atoms with Gasteiger partial charge in [-0.05, 0) is 63.3 Å². The maximum Gasteiger partial charge on any atom is 0.123 e. The van der Waals surface area contributed by atoms with Crippen LogP contribution in [-0.4, -0.2) is 5.60 Å². The molecule has 0 amide bonds. The van der Waals surface area contributed by atoms with Crippen molar-refractivity contribution in [1.29, 1.82) is 0 Å². The molecule has 0 saturated carbocycles. The number of hydrogen-bond donors (Lipinski definition) is 0. The quantitative estimate of drug-likeness (QED) is 0.646. The summed E-state index contributed by atoms with van der Waals surface area (Å²) in [5.74, 6) is 1.02. The second-order valence-corrected chi connectivity index (χ2v) is 5.35. The first-order valence-electron chi connectivity index (χ1n) is 5.38. The molecule has 0 aliphatic carbocycles. The van der Waals surface area contributed by atoms with Crippen LogP contribution in [0.4, 0.5) is 0 Å². The van der Waals surface area contributed by atoms with Gasteiger partial charge in [0.15, 0.2) is 0 Å². The molecule has 0 spiro atoms. The summed E-state index contributed by atoms with van der Waals surface area (Å²) < 4.78 is 5.98. The zero-order chi connectivity index (χ0) is 11.2. The molecule has 0 aromatic heterocycles. The van der Waals surface area contributed by atoms with Crippen LogP contribution in [-0.2, 0) is 6.42 Å². The van der Waals surface area contributed by atoms with Crippen LogP contribution in [0.15, 0.2) is 6.07 Å². The second kappa shape index (κ2) is 3.41. The van der Waals surface area contributed by atoms with E-state index in [-0.39, 0.29) is 5.60 Å². The van der Waals surface area contributed by atoms with Crippen LogP contribution in [0.25, 0.3) is 0 Å². The fourth-order valence-corrected chi connectivity index (χ4v) is 2.31. The molecule has 0 fully saturated rings. The van der Waals surface area contributed by atoms with E-state index < -0.39 is 0 Å². The summed E-state index contributed by atoms with van der Waals surface area (Å²) in [4.78, 5) is 0. The van der Waals surface area contributed by atoms with Gasteiger partial charge in [-0.25, -0.2) is 0 Å². The van der Waals surface area contributed by atoms with Crippen LogP contribution in [0.5, 0.6) is 5.75 Å². The molecule has 0 N–H and O–H groups in total. The van der Waals surface area contributed by atoms with E-state index in [0.29, 0.717) is 0 Å². The zero-order valence-corrected chi connectivity index (χ0v) is 10.5. The molecule has 1 aromatic rings. The Morgan fingerprint density at radius 1 is 1.33 bits per heavy atom. The summed E-state index contributed by atoms with van der Waals surface area (Å²) in [7, 11) is 0. The number of hydrogen-bond acceptors (Lipinski definition) is 1. The van der Waals surface area contributed by atoms with E-state index in [1.807, 2.05) is 6.92 Å². The number of benzene rings is 1. The molecule has 0 atom stereocenters. The first-order chi connectivity index (χ1) is 6.91. The molecule has 0 unspecified atom stereocenters. The fourth-order valence-electron chi connectivity index (χ4n) is 2.14. The summed E-state index contributed by atoms with van der Waals surface area (Å²) in [6.45, 7) is 8.38. The topological polar surface area (TPSA) is 9.23 Å². The highest BCUT2D eigenvalue weighted by molar-refractivity contribution is 6.32. The highest BCUT2D eigenvalue weighted by atomic mass is 35.5. The minimum atomic E-state index is -0.0420. The van der Waals surface area contributed by atoms with Crippen molar-refractivity contribution < 1.29 is 4.74 Å². The molecule has 82 valence electrons. The molecular weight excluding hydrogens is 208 g/mol. The van der Waals surface area contributed by atoms with Crippen molar-refractivity contribution in [2.75, 3.05) is 0 Å². The van der Waals surface area contributed by atoms with Gasteiger partial charge in [-0.15, -0.1) is 0 Å². The van der Waals surface area contributed by atoms with E-state index >= 15 is 0 Å².